The zero-order valence-corrected chi connectivity index (χ0v) is 20.1. The number of fused-ring (bicyclic) bond motifs is 2. The zero-order chi connectivity index (χ0) is 21.1. The summed E-state index contributed by atoms with van der Waals surface area (Å²) in [5, 5.41) is 0. The first-order valence-corrected chi connectivity index (χ1v) is 10.8. The van der Waals surface area contributed by atoms with Crippen LogP contribution in [-0.2, 0) is 5.41 Å². The molecular weight excluding hydrogens is 484 g/mol. The van der Waals surface area contributed by atoms with Gasteiger partial charge in [-0.1, -0.05) is 45.7 Å². The number of ketones is 2. The van der Waals surface area contributed by atoms with Gasteiger partial charge in [0.05, 0.1) is 8.65 Å². The number of halogens is 2. The molecule has 1 aliphatic rings. The number of carbonyl (C=O) groups is 2. The van der Waals surface area contributed by atoms with E-state index in [0.29, 0.717) is 11.1 Å². The topological polar surface area (TPSA) is 43.4 Å². The van der Waals surface area contributed by atoms with E-state index in [9.17, 15) is 9.59 Å². The van der Waals surface area contributed by atoms with Gasteiger partial charge in [0.1, 0.15) is 11.5 Å². The molecule has 2 aromatic rings. The summed E-state index contributed by atoms with van der Waals surface area (Å²) in [6.45, 7) is 11.5. The molecule has 148 valence electrons. The summed E-state index contributed by atoms with van der Waals surface area (Å²) in [5.41, 5.74) is 2.72. The third-order valence-electron chi connectivity index (χ3n) is 5.13. The van der Waals surface area contributed by atoms with Gasteiger partial charge in [0, 0.05) is 27.7 Å². The molecule has 3 rings (SSSR count). The van der Waals surface area contributed by atoms with E-state index in [2.05, 4.69) is 45.7 Å². The number of benzene rings is 2. The summed E-state index contributed by atoms with van der Waals surface area (Å²) in [5.74, 6) is 1.51. The van der Waals surface area contributed by atoms with Crippen LogP contribution in [0.2, 0.25) is 0 Å². The van der Waals surface area contributed by atoms with Gasteiger partial charge in [-0.25, -0.2) is 0 Å². The highest BCUT2D eigenvalue weighted by atomic mass is 79.9. The normalized spacial score (nSPS) is 15.3. The highest BCUT2D eigenvalue weighted by Crippen LogP contribution is 2.48. The van der Waals surface area contributed by atoms with Crippen LogP contribution in [0, 0.1) is 0 Å². The van der Waals surface area contributed by atoms with Gasteiger partial charge in [-0.15, -0.1) is 0 Å². The average Bonchev–Trinajstić information content (AvgIpc) is 2.58. The Morgan fingerprint density at radius 1 is 0.786 bits per heavy atom. The van der Waals surface area contributed by atoms with Crippen LogP contribution in [0.25, 0.3) is 0 Å². The molecule has 2 aromatic carbocycles. The molecule has 0 atom stereocenters. The molecule has 0 aromatic heterocycles. The first-order valence-electron chi connectivity index (χ1n) is 9.17. The van der Waals surface area contributed by atoms with Crippen molar-refractivity contribution in [3.8, 4) is 11.5 Å². The van der Waals surface area contributed by atoms with E-state index in [1.165, 1.54) is 0 Å². The minimum Gasteiger partial charge on any atom is -0.457 e. The predicted octanol–water partition coefficient (Wildman–Crippen LogP) is 6.83. The number of hydrogen-bond donors (Lipinski definition) is 0. The van der Waals surface area contributed by atoms with E-state index >= 15 is 0 Å². The minimum atomic E-state index is -0.639. The smallest absolute Gasteiger partial charge is 0.178 e. The molecule has 0 radical (unpaired) electrons. The Morgan fingerprint density at radius 2 is 1.14 bits per heavy atom. The molecule has 0 bridgehead atoms. The monoisotopic (exact) mass is 506 g/mol. The number of rotatable bonds is 4. The summed E-state index contributed by atoms with van der Waals surface area (Å²) in [6.07, 6.45) is 0. The second-order valence-electron chi connectivity index (χ2n) is 8.75. The highest BCUT2D eigenvalue weighted by Gasteiger charge is 2.37. The van der Waals surface area contributed by atoms with Crippen molar-refractivity contribution in [3.05, 3.63) is 58.7 Å². The first kappa shape index (κ1) is 21.3. The molecule has 28 heavy (non-hydrogen) atoms. The van der Waals surface area contributed by atoms with Gasteiger partial charge >= 0.3 is 0 Å². The third kappa shape index (κ3) is 3.71. The van der Waals surface area contributed by atoms with Gasteiger partial charge in [0.15, 0.2) is 11.6 Å². The van der Waals surface area contributed by atoms with Crippen molar-refractivity contribution in [1.82, 2.24) is 0 Å². The Bertz CT molecular complexity index is 899. The molecule has 0 aliphatic carbocycles. The van der Waals surface area contributed by atoms with Gasteiger partial charge in [-0.2, -0.15) is 0 Å². The fourth-order valence-corrected chi connectivity index (χ4v) is 3.91. The van der Waals surface area contributed by atoms with E-state index in [1.54, 1.807) is 12.1 Å². The molecule has 0 fully saturated rings. The number of Topliss-reactive ketones (excluding diaryl/α,β-unsaturated/α-hetero) is 2. The Labute approximate surface area is 183 Å². The fraction of sp³-hybridized carbons (Fsp3) is 0.391. The number of ether oxygens (including phenoxy) is 1. The Kier molecular flexibility index (Phi) is 5.17. The maximum absolute atomic E-state index is 12.7. The minimum absolute atomic E-state index is 0.0156. The van der Waals surface area contributed by atoms with Crippen molar-refractivity contribution < 1.29 is 14.3 Å². The van der Waals surface area contributed by atoms with Gasteiger partial charge in [-0.3, -0.25) is 9.59 Å². The molecule has 0 saturated heterocycles. The van der Waals surface area contributed by atoms with Gasteiger partial charge < -0.3 is 4.74 Å². The largest absolute Gasteiger partial charge is 0.457 e. The second-order valence-corrected chi connectivity index (χ2v) is 12.7. The maximum atomic E-state index is 12.7. The number of hydrogen-bond acceptors (Lipinski definition) is 3. The highest BCUT2D eigenvalue weighted by molar-refractivity contribution is 9.10. The van der Waals surface area contributed by atoms with E-state index < -0.39 is 14.1 Å². The van der Waals surface area contributed by atoms with Crippen molar-refractivity contribution in [1.29, 1.82) is 0 Å². The molecule has 0 saturated carbocycles. The predicted molar refractivity (Wildman–Crippen MR) is 120 cm³/mol. The third-order valence-corrected chi connectivity index (χ3v) is 5.85. The maximum Gasteiger partial charge on any atom is 0.178 e. The van der Waals surface area contributed by atoms with Crippen molar-refractivity contribution >= 4 is 43.4 Å². The molecular formula is C23H24Br2O3. The van der Waals surface area contributed by atoms with Gasteiger partial charge in [0.25, 0.3) is 0 Å². The Hall–Kier alpha value is -1.46. The van der Waals surface area contributed by atoms with Crippen LogP contribution in [0.15, 0.2) is 36.4 Å². The van der Waals surface area contributed by atoms with Crippen molar-refractivity contribution in [2.75, 3.05) is 0 Å². The SMILES string of the molecule is CC(C)(Br)C(=O)c1ccc2c(c1)C(C)(C)c1cc(C(=O)C(C)(C)Br)ccc1O2. The Balaban J connectivity index is 2.11. The summed E-state index contributed by atoms with van der Waals surface area (Å²) in [7, 11) is 0. The van der Waals surface area contributed by atoms with E-state index in [0.717, 1.165) is 22.6 Å². The molecule has 1 aliphatic heterocycles. The molecule has 0 N–H and O–H groups in total. The van der Waals surface area contributed by atoms with Gasteiger partial charge in [-0.05, 0) is 64.1 Å². The average molecular weight is 508 g/mol. The quantitative estimate of drug-likeness (QED) is 0.336. The van der Waals surface area contributed by atoms with Crippen LogP contribution < -0.4 is 4.74 Å². The fourth-order valence-electron chi connectivity index (χ4n) is 3.45. The van der Waals surface area contributed by atoms with E-state index in [1.807, 2.05) is 52.0 Å². The molecule has 1 heterocycles. The van der Waals surface area contributed by atoms with Crippen LogP contribution >= 0.6 is 31.9 Å². The second kappa shape index (κ2) is 6.81. The zero-order valence-electron chi connectivity index (χ0n) is 16.9. The lowest BCUT2D eigenvalue weighted by Gasteiger charge is -2.35. The van der Waals surface area contributed by atoms with Crippen molar-refractivity contribution in [2.45, 2.75) is 55.6 Å². The molecule has 0 amide bonds. The summed E-state index contributed by atoms with van der Waals surface area (Å²) in [4.78, 5) is 25.4. The van der Waals surface area contributed by atoms with Gasteiger partial charge in [0.2, 0.25) is 0 Å². The van der Waals surface area contributed by atoms with Crippen LogP contribution in [0.5, 0.6) is 11.5 Å². The van der Waals surface area contributed by atoms with E-state index in [-0.39, 0.29) is 11.6 Å². The lowest BCUT2D eigenvalue weighted by molar-refractivity contribution is 0.0954. The molecule has 0 unspecified atom stereocenters. The van der Waals surface area contributed by atoms with Crippen LogP contribution in [0.4, 0.5) is 0 Å². The Morgan fingerprint density at radius 3 is 1.46 bits per heavy atom. The number of carbonyl (C=O) groups excluding carboxylic acids is 2. The van der Waals surface area contributed by atoms with Crippen molar-refractivity contribution in [2.24, 2.45) is 0 Å². The summed E-state index contributed by atoms with van der Waals surface area (Å²) >= 11 is 6.90. The van der Waals surface area contributed by atoms with Crippen LogP contribution in [0.3, 0.4) is 0 Å². The standard InChI is InChI=1S/C23H24Br2O3/c1-21(2)15-11-13(19(26)22(3,4)24)7-9-17(15)28-18-10-8-14(12-16(18)21)20(27)23(5,6)25/h7-12H,1-6H3. The van der Waals surface area contributed by atoms with E-state index in [4.69, 9.17) is 4.74 Å². The van der Waals surface area contributed by atoms with Crippen LogP contribution in [0.1, 0.15) is 73.4 Å². The first-order chi connectivity index (χ1) is 12.7. The molecule has 3 nitrogen and oxygen atoms in total. The molecule has 5 heteroatoms. The van der Waals surface area contributed by atoms with Crippen LogP contribution in [-0.4, -0.2) is 20.2 Å². The summed E-state index contributed by atoms with van der Waals surface area (Å²) < 4.78 is 4.83. The lowest BCUT2D eigenvalue weighted by Crippen LogP contribution is -2.29. The number of alkyl halides is 2. The van der Waals surface area contributed by atoms with Crippen molar-refractivity contribution in [3.63, 3.8) is 0 Å². The lowest BCUT2D eigenvalue weighted by atomic mass is 9.74. The molecule has 0 spiro atoms. The summed E-state index contributed by atoms with van der Waals surface area (Å²) in [6, 6.07) is 11.1.